The quantitative estimate of drug-likeness (QED) is 0.893. The van der Waals surface area contributed by atoms with Crippen LogP contribution in [-0.2, 0) is 0 Å². The van der Waals surface area contributed by atoms with E-state index in [1.807, 2.05) is 26.1 Å². The number of nitrogen functional groups attached to an aromatic ring is 1. The Kier molecular flexibility index (Phi) is 4.85. The van der Waals surface area contributed by atoms with Crippen LogP contribution < -0.4 is 11.1 Å². The highest BCUT2D eigenvalue weighted by atomic mass is 32.1. The van der Waals surface area contributed by atoms with E-state index in [0.717, 1.165) is 16.6 Å². The Hall–Kier alpha value is -1.59. The lowest BCUT2D eigenvalue weighted by Gasteiger charge is -2.20. The zero-order valence-electron chi connectivity index (χ0n) is 13.1. The molecule has 1 heterocycles. The zero-order valence-corrected chi connectivity index (χ0v) is 13.9. The van der Waals surface area contributed by atoms with Gasteiger partial charge in [-0.05, 0) is 39.4 Å². The van der Waals surface area contributed by atoms with E-state index in [9.17, 15) is 4.79 Å². The monoisotopic (exact) mass is 305 g/mol. The molecule has 21 heavy (non-hydrogen) atoms. The minimum Gasteiger partial charge on any atom is -0.397 e. The lowest BCUT2D eigenvalue weighted by molar-refractivity contribution is 0.0953. The lowest BCUT2D eigenvalue weighted by atomic mass is 10.1. The summed E-state index contributed by atoms with van der Waals surface area (Å²) in [5, 5.41) is 3.92. The number of nitrogens with two attached hydrogens (primary N) is 1. The number of carbonyl (C=O) groups is 1. The van der Waals surface area contributed by atoms with Gasteiger partial charge in [0, 0.05) is 29.2 Å². The lowest BCUT2D eigenvalue weighted by Crippen LogP contribution is -2.36. The molecule has 0 atom stereocenters. The van der Waals surface area contributed by atoms with Crippen molar-refractivity contribution in [1.29, 1.82) is 0 Å². The van der Waals surface area contributed by atoms with Crippen LogP contribution in [0.4, 0.5) is 5.69 Å². The predicted molar refractivity (Wildman–Crippen MR) is 91.1 cm³/mol. The van der Waals surface area contributed by atoms with Gasteiger partial charge in [0.25, 0.3) is 5.91 Å². The summed E-state index contributed by atoms with van der Waals surface area (Å²) in [4.78, 5) is 15.1. The van der Waals surface area contributed by atoms with E-state index in [0.29, 0.717) is 23.2 Å². The van der Waals surface area contributed by atoms with E-state index in [2.05, 4.69) is 30.1 Å². The van der Waals surface area contributed by atoms with Gasteiger partial charge in [0.05, 0.1) is 5.69 Å². The fraction of sp³-hybridized carbons (Fsp3) is 0.438. The van der Waals surface area contributed by atoms with E-state index >= 15 is 0 Å². The number of benzene rings is 1. The van der Waals surface area contributed by atoms with Gasteiger partial charge in [-0.15, -0.1) is 11.3 Å². The number of nitrogens with one attached hydrogen (secondary N) is 1. The second kappa shape index (κ2) is 6.45. The molecule has 2 aromatic rings. The zero-order chi connectivity index (χ0) is 15.6. The SMILES string of the molecule is Cc1ccc2c(N)c(C(=O)NCCN(C)C(C)C)sc2c1. The molecule has 114 valence electrons. The number of anilines is 1. The van der Waals surface area contributed by atoms with Crippen LogP contribution in [0.25, 0.3) is 10.1 Å². The highest BCUT2D eigenvalue weighted by Crippen LogP contribution is 2.33. The molecule has 0 radical (unpaired) electrons. The molecule has 0 aliphatic rings. The van der Waals surface area contributed by atoms with E-state index in [1.54, 1.807) is 0 Å². The Bertz CT molecular complexity index is 648. The smallest absolute Gasteiger partial charge is 0.263 e. The molecule has 1 amide bonds. The Balaban J connectivity index is 2.07. The van der Waals surface area contributed by atoms with Crippen molar-refractivity contribution in [2.75, 3.05) is 25.9 Å². The average Bonchev–Trinajstić information content (AvgIpc) is 2.75. The van der Waals surface area contributed by atoms with Crippen molar-refractivity contribution in [2.24, 2.45) is 0 Å². The van der Waals surface area contributed by atoms with Gasteiger partial charge in [-0.1, -0.05) is 12.1 Å². The van der Waals surface area contributed by atoms with Crippen LogP contribution in [0.1, 0.15) is 29.1 Å². The van der Waals surface area contributed by atoms with Crippen LogP contribution in [0.5, 0.6) is 0 Å². The second-order valence-corrected chi connectivity index (χ2v) is 6.73. The molecular formula is C16H23N3OS. The minimum absolute atomic E-state index is 0.0801. The fourth-order valence-electron chi connectivity index (χ4n) is 2.08. The van der Waals surface area contributed by atoms with Crippen molar-refractivity contribution in [1.82, 2.24) is 10.2 Å². The predicted octanol–water partition coefficient (Wildman–Crippen LogP) is 2.86. The van der Waals surface area contributed by atoms with Gasteiger partial charge in [-0.2, -0.15) is 0 Å². The standard InChI is InChI=1S/C16H23N3OS/c1-10(2)19(4)8-7-18-16(20)15-14(17)12-6-5-11(3)9-13(12)21-15/h5-6,9-10H,7-8,17H2,1-4H3,(H,18,20). The van der Waals surface area contributed by atoms with Crippen molar-refractivity contribution in [3.05, 3.63) is 28.6 Å². The highest BCUT2D eigenvalue weighted by Gasteiger charge is 2.16. The Morgan fingerprint density at radius 3 is 2.81 bits per heavy atom. The Morgan fingerprint density at radius 1 is 1.43 bits per heavy atom. The van der Waals surface area contributed by atoms with Gasteiger partial charge < -0.3 is 16.0 Å². The molecule has 4 nitrogen and oxygen atoms in total. The summed E-state index contributed by atoms with van der Waals surface area (Å²) < 4.78 is 1.07. The maximum atomic E-state index is 12.3. The van der Waals surface area contributed by atoms with E-state index in [-0.39, 0.29) is 5.91 Å². The summed E-state index contributed by atoms with van der Waals surface area (Å²) in [5.74, 6) is -0.0801. The highest BCUT2D eigenvalue weighted by molar-refractivity contribution is 7.21. The van der Waals surface area contributed by atoms with E-state index in [4.69, 9.17) is 5.73 Å². The molecule has 0 spiro atoms. The summed E-state index contributed by atoms with van der Waals surface area (Å²) >= 11 is 1.46. The molecule has 3 N–H and O–H groups in total. The summed E-state index contributed by atoms with van der Waals surface area (Å²) in [5.41, 5.74) is 7.87. The first kappa shape index (κ1) is 15.8. The topological polar surface area (TPSA) is 58.4 Å². The number of likely N-dealkylation sites (N-methyl/N-ethyl adjacent to an activating group) is 1. The first-order valence-electron chi connectivity index (χ1n) is 7.17. The number of fused-ring (bicyclic) bond motifs is 1. The minimum atomic E-state index is -0.0801. The van der Waals surface area contributed by atoms with Crippen molar-refractivity contribution in [2.45, 2.75) is 26.8 Å². The van der Waals surface area contributed by atoms with Gasteiger partial charge in [-0.3, -0.25) is 4.79 Å². The van der Waals surface area contributed by atoms with Crippen LogP contribution in [0.15, 0.2) is 18.2 Å². The number of hydrogen-bond donors (Lipinski definition) is 2. The first-order chi connectivity index (χ1) is 9.90. The molecule has 0 fully saturated rings. The normalized spacial score (nSPS) is 11.5. The molecule has 0 saturated heterocycles. The van der Waals surface area contributed by atoms with Crippen molar-refractivity contribution < 1.29 is 4.79 Å². The number of carbonyl (C=O) groups excluding carboxylic acids is 1. The number of hydrogen-bond acceptors (Lipinski definition) is 4. The van der Waals surface area contributed by atoms with E-state index < -0.39 is 0 Å². The number of nitrogens with zero attached hydrogens (tertiary/aromatic N) is 1. The van der Waals surface area contributed by atoms with Crippen molar-refractivity contribution in [3.63, 3.8) is 0 Å². The molecular weight excluding hydrogens is 282 g/mol. The third-order valence-corrected chi connectivity index (χ3v) is 4.89. The van der Waals surface area contributed by atoms with Crippen LogP contribution in [0.3, 0.4) is 0 Å². The molecule has 5 heteroatoms. The number of amides is 1. The Morgan fingerprint density at radius 2 is 2.14 bits per heavy atom. The number of aryl methyl sites for hydroxylation is 1. The second-order valence-electron chi connectivity index (χ2n) is 5.67. The largest absolute Gasteiger partial charge is 0.397 e. The molecule has 2 rings (SSSR count). The first-order valence-corrected chi connectivity index (χ1v) is 7.99. The third-order valence-electron chi connectivity index (χ3n) is 3.72. The Labute approximate surface area is 129 Å². The number of rotatable bonds is 5. The summed E-state index contributed by atoms with van der Waals surface area (Å²) in [6.07, 6.45) is 0. The van der Waals surface area contributed by atoms with Gasteiger partial charge >= 0.3 is 0 Å². The van der Waals surface area contributed by atoms with Crippen LogP contribution >= 0.6 is 11.3 Å². The average molecular weight is 305 g/mol. The van der Waals surface area contributed by atoms with Crippen molar-refractivity contribution in [3.8, 4) is 0 Å². The van der Waals surface area contributed by atoms with Crippen molar-refractivity contribution >= 4 is 33.0 Å². The third kappa shape index (κ3) is 3.54. The molecule has 1 aromatic heterocycles. The van der Waals surface area contributed by atoms with Crippen LogP contribution in [-0.4, -0.2) is 37.0 Å². The molecule has 0 bridgehead atoms. The van der Waals surface area contributed by atoms with E-state index in [1.165, 1.54) is 16.9 Å². The fourth-order valence-corrected chi connectivity index (χ4v) is 3.21. The van der Waals surface area contributed by atoms with Crippen LogP contribution in [0.2, 0.25) is 0 Å². The molecule has 0 aliphatic heterocycles. The maximum absolute atomic E-state index is 12.3. The van der Waals surface area contributed by atoms with Gasteiger partial charge in [-0.25, -0.2) is 0 Å². The van der Waals surface area contributed by atoms with Gasteiger partial charge in [0.15, 0.2) is 0 Å². The summed E-state index contributed by atoms with van der Waals surface area (Å²) in [7, 11) is 2.05. The maximum Gasteiger partial charge on any atom is 0.263 e. The number of thiophene rings is 1. The van der Waals surface area contributed by atoms with Gasteiger partial charge in [0.1, 0.15) is 4.88 Å². The summed E-state index contributed by atoms with van der Waals surface area (Å²) in [6.45, 7) is 7.76. The molecule has 1 aromatic carbocycles. The summed E-state index contributed by atoms with van der Waals surface area (Å²) in [6, 6.07) is 6.55. The molecule has 0 unspecified atom stereocenters. The molecule has 0 saturated carbocycles. The van der Waals surface area contributed by atoms with Crippen LogP contribution in [0, 0.1) is 6.92 Å². The van der Waals surface area contributed by atoms with Gasteiger partial charge in [0.2, 0.25) is 0 Å². The molecule has 0 aliphatic carbocycles.